The minimum Gasteiger partial charge on any atom is -0.366 e. The van der Waals surface area contributed by atoms with Crippen molar-refractivity contribution in [2.24, 2.45) is 0 Å². The van der Waals surface area contributed by atoms with Gasteiger partial charge in [-0.25, -0.2) is 4.39 Å². The Labute approximate surface area is 158 Å². The molecule has 0 spiro atoms. The third kappa shape index (κ3) is 3.70. The SMILES string of the molecule is CC(=O)c1ccc(N2CCN(c3ccc(Br)cc3[N+](=O)[O-])CC2)c(F)c1. The molecule has 0 aromatic heterocycles. The first-order chi connectivity index (χ1) is 12.4. The number of Topliss-reactive ketones (excluding diaryl/α,β-unsaturated/α-hetero) is 1. The van der Waals surface area contributed by atoms with Crippen molar-refractivity contribution >= 4 is 38.8 Å². The van der Waals surface area contributed by atoms with Gasteiger partial charge in [-0.05, 0) is 37.3 Å². The third-order valence-corrected chi connectivity index (χ3v) is 4.94. The topological polar surface area (TPSA) is 66.7 Å². The maximum absolute atomic E-state index is 14.3. The number of nitrogens with zero attached hydrogens (tertiary/aromatic N) is 3. The first kappa shape index (κ1) is 18.3. The molecule has 8 heteroatoms. The summed E-state index contributed by atoms with van der Waals surface area (Å²) >= 11 is 3.26. The van der Waals surface area contributed by atoms with Gasteiger partial charge in [0.2, 0.25) is 0 Å². The van der Waals surface area contributed by atoms with Gasteiger partial charge in [-0.15, -0.1) is 0 Å². The van der Waals surface area contributed by atoms with Crippen molar-refractivity contribution in [1.82, 2.24) is 0 Å². The number of halogens is 2. The van der Waals surface area contributed by atoms with E-state index in [1.54, 1.807) is 24.3 Å². The molecule has 0 unspecified atom stereocenters. The monoisotopic (exact) mass is 421 g/mol. The molecule has 0 radical (unpaired) electrons. The molecular formula is C18H17BrFN3O3. The lowest BCUT2D eigenvalue weighted by Gasteiger charge is -2.37. The van der Waals surface area contributed by atoms with Crippen LogP contribution in [0.15, 0.2) is 40.9 Å². The van der Waals surface area contributed by atoms with E-state index in [0.29, 0.717) is 47.6 Å². The zero-order valence-corrected chi connectivity index (χ0v) is 15.7. The Morgan fingerprint density at radius 1 is 1.08 bits per heavy atom. The predicted molar refractivity (Wildman–Crippen MR) is 102 cm³/mol. The van der Waals surface area contributed by atoms with Crippen LogP contribution in [-0.4, -0.2) is 36.9 Å². The van der Waals surface area contributed by atoms with Crippen molar-refractivity contribution in [3.8, 4) is 0 Å². The predicted octanol–water partition coefficient (Wildman–Crippen LogP) is 4.03. The summed E-state index contributed by atoms with van der Waals surface area (Å²) in [7, 11) is 0. The number of benzene rings is 2. The minimum absolute atomic E-state index is 0.0461. The largest absolute Gasteiger partial charge is 0.366 e. The summed E-state index contributed by atoms with van der Waals surface area (Å²) in [5.41, 5.74) is 1.39. The van der Waals surface area contributed by atoms with Crippen LogP contribution in [-0.2, 0) is 0 Å². The quantitative estimate of drug-likeness (QED) is 0.423. The Hall–Kier alpha value is -2.48. The second kappa shape index (κ2) is 7.41. The van der Waals surface area contributed by atoms with Crippen molar-refractivity contribution < 1.29 is 14.1 Å². The summed E-state index contributed by atoms with van der Waals surface area (Å²) in [5.74, 6) is -0.608. The van der Waals surface area contributed by atoms with Crippen LogP contribution in [0.5, 0.6) is 0 Å². The molecule has 0 bridgehead atoms. The molecule has 1 aliphatic heterocycles. The van der Waals surface area contributed by atoms with Crippen molar-refractivity contribution in [3.63, 3.8) is 0 Å². The number of piperazine rings is 1. The van der Waals surface area contributed by atoms with Gasteiger partial charge in [0.15, 0.2) is 5.78 Å². The van der Waals surface area contributed by atoms with Gasteiger partial charge in [-0.2, -0.15) is 0 Å². The number of ketones is 1. The summed E-state index contributed by atoms with van der Waals surface area (Å²) in [6.45, 7) is 3.54. The van der Waals surface area contributed by atoms with E-state index in [9.17, 15) is 19.3 Å². The molecule has 6 nitrogen and oxygen atoms in total. The molecule has 0 amide bonds. The van der Waals surface area contributed by atoms with Gasteiger partial charge in [0.05, 0.1) is 10.6 Å². The lowest BCUT2D eigenvalue weighted by atomic mass is 10.1. The second-order valence-corrected chi connectivity index (χ2v) is 7.00. The Balaban J connectivity index is 1.76. The van der Waals surface area contributed by atoms with Gasteiger partial charge in [0.1, 0.15) is 11.5 Å². The average molecular weight is 422 g/mol. The first-order valence-electron chi connectivity index (χ1n) is 8.11. The molecule has 2 aromatic rings. The molecule has 2 aromatic carbocycles. The van der Waals surface area contributed by atoms with E-state index in [4.69, 9.17) is 0 Å². The normalized spacial score (nSPS) is 14.4. The molecule has 1 saturated heterocycles. The molecule has 1 heterocycles. The molecule has 3 rings (SSSR count). The number of carbonyl (C=O) groups excluding carboxylic acids is 1. The average Bonchev–Trinajstić information content (AvgIpc) is 2.61. The number of nitro benzene ring substituents is 1. The second-order valence-electron chi connectivity index (χ2n) is 6.09. The summed E-state index contributed by atoms with van der Waals surface area (Å²) in [6.07, 6.45) is 0. The van der Waals surface area contributed by atoms with Crippen LogP contribution in [0.1, 0.15) is 17.3 Å². The summed E-state index contributed by atoms with van der Waals surface area (Å²) in [5, 5.41) is 11.3. The van der Waals surface area contributed by atoms with E-state index < -0.39 is 10.7 Å². The molecule has 0 N–H and O–H groups in total. The van der Waals surface area contributed by atoms with Gasteiger partial charge in [0, 0.05) is 42.3 Å². The lowest BCUT2D eigenvalue weighted by molar-refractivity contribution is -0.384. The number of rotatable bonds is 4. The van der Waals surface area contributed by atoms with Crippen molar-refractivity contribution in [2.45, 2.75) is 6.92 Å². The molecule has 0 aliphatic carbocycles. The van der Waals surface area contributed by atoms with Crippen LogP contribution in [0.2, 0.25) is 0 Å². The zero-order chi connectivity index (χ0) is 18.8. The highest BCUT2D eigenvalue weighted by Gasteiger charge is 2.25. The van der Waals surface area contributed by atoms with Crippen molar-refractivity contribution in [1.29, 1.82) is 0 Å². The van der Waals surface area contributed by atoms with Gasteiger partial charge >= 0.3 is 0 Å². The fourth-order valence-corrected chi connectivity index (χ4v) is 3.43. The number of hydrogen-bond donors (Lipinski definition) is 0. The number of carbonyl (C=O) groups is 1. The number of hydrogen-bond acceptors (Lipinski definition) is 5. The molecular weight excluding hydrogens is 405 g/mol. The third-order valence-electron chi connectivity index (χ3n) is 4.45. The summed E-state index contributed by atoms with van der Waals surface area (Å²) in [4.78, 5) is 26.1. The van der Waals surface area contributed by atoms with E-state index in [2.05, 4.69) is 15.9 Å². The lowest BCUT2D eigenvalue weighted by Crippen LogP contribution is -2.47. The highest BCUT2D eigenvalue weighted by molar-refractivity contribution is 9.10. The van der Waals surface area contributed by atoms with Gasteiger partial charge in [-0.1, -0.05) is 15.9 Å². The van der Waals surface area contributed by atoms with E-state index in [1.807, 2.05) is 9.80 Å². The van der Waals surface area contributed by atoms with Crippen molar-refractivity contribution in [3.05, 3.63) is 62.4 Å². The minimum atomic E-state index is -0.430. The van der Waals surface area contributed by atoms with Crippen LogP contribution in [0, 0.1) is 15.9 Å². The van der Waals surface area contributed by atoms with Gasteiger partial charge < -0.3 is 9.80 Å². The summed E-state index contributed by atoms with van der Waals surface area (Å²) in [6, 6.07) is 9.47. The fourth-order valence-electron chi connectivity index (χ4n) is 3.08. The van der Waals surface area contributed by atoms with Crippen LogP contribution in [0.3, 0.4) is 0 Å². The van der Waals surface area contributed by atoms with Crippen LogP contribution in [0.4, 0.5) is 21.5 Å². The van der Waals surface area contributed by atoms with E-state index in [-0.39, 0.29) is 11.5 Å². The molecule has 0 saturated carbocycles. The first-order valence-corrected chi connectivity index (χ1v) is 8.90. The molecule has 0 atom stereocenters. The number of nitro groups is 1. The molecule has 1 fully saturated rings. The van der Waals surface area contributed by atoms with Gasteiger partial charge in [-0.3, -0.25) is 14.9 Å². The summed E-state index contributed by atoms with van der Waals surface area (Å²) < 4.78 is 15.0. The molecule has 1 aliphatic rings. The smallest absolute Gasteiger partial charge is 0.293 e. The van der Waals surface area contributed by atoms with Crippen molar-refractivity contribution in [2.75, 3.05) is 36.0 Å². The van der Waals surface area contributed by atoms with E-state index in [0.717, 1.165) is 0 Å². The van der Waals surface area contributed by atoms with Crippen LogP contribution in [0.25, 0.3) is 0 Å². The van der Waals surface area contributed by atoms with Gasteiger partial charge in [0.25, 0.3) is 5.69 Å². The van der Waals surface area contributed by atoms with Crippen LogP contribution < -0.4 is 9.80 Å². The Morgan fingerprint density at radius 3 is 2.19 bits per heavy atom. The Morgan fingerprint density at radius 2 is 1.65 bits per heavy atom. The Bertz CT molecular complexity index is 867. The Kier molecular flexibility index (Phi) is 5.22. The highest BCUT2D eigenvalue weighted by atomic mass is 79.9. The maximum Gasteiger partial charge on any atom is 0.293 e. The fraction of sp³-hybridized carbons (Fsp3) is 0.278. The van der Waals surface area contributed by atoms with E-state index in [1.165, 1.54) is 19.1 Å². The number of anilines is 2. The highest BCUT2D eigenvalue weighted by Crippen LogP contribution is 2.32. The molecule has 26 heavy (non-hydrogen) atoms. The maximum atomic E-state index is 14.3. The standard InChI is InChI=1S/C18H17BrFN3O3/c1-12(24)13-2-4-16(15(20)10-13)21-6-8-22(9-7-21)17-5-3-14(19)11-18(17)23(25)26/h2-5,10-11H,6-9H2,1H3. The van der Waals surface area contributed by atoms with Crippen LogP contribution >= 0.6 is 15.9 Å². The van der Waals surface area contributed by atoms with E-state index >= 15 is 0 Å². The molecule has 136 valence electrons. The zero-order valence-electron chi connectivity index (χ0n) is 14.1.